The number of benzene rings is 1. The minimum absolute atomic E-state index is 0.0475. The zero-order valence-electron chi connectivity index (χ0n) is 15.0. The molecule has 2 heterocycles. The highest BCUT2D eigenvalue weighted by Crippen LogP contribution is 2.37. The van der Waals surface area contributed by atoms with Gasteiger partial charge in [-0.1, -0.05) is 0 Å². The predicted molar refractivity (Wildman–Crippen MR) is 103 cm³/mol. The molecule has 2 amide bonds. The van der Waals surface area contributed by atoms with Gasteiger partial charge in [0.1, 0.15) is 0 Å². The van der Waals surface area contributed by atoms with E-state index in [1.54, 1.807) is 0 Å². The lowest BCUT2D eigenvalue weighted by atomic mass is 10.3. The summed E-state index contributed by atoms with van der Waals surface area (Å²) in [6.07, 6.45) is 3.03. The van der Waals surface area contributed by atoms with Crippen molar-refractivity contribution in [2.24, 2.45) is 0 Å². The molecule has 11 heteroatoms. The molecular weight excluding hydrogens is 393 g/mol. The summed E-state index contributed by atoms with van der Waals surface area (Å²) in [5.74, 6) is 0.608. The summed E-state index contributed by atoms with van der Waals surface area (Å²) in [6, 6.07) is 4.86. The van der Waals surface area contributed by atoms with E-state index in [0.29, 0.717) is 17.3 Å². The number of amides is 2. The molecule has 0 atom stereocenters. The molecule has 3 rings (SSSR count). The van der Waals surface area contributed by atoms with Crippen LogP contribution in [-0.4, -0.2) is 59.6 Å². The van der Waals surface area contributed by atoms with Gasteiger partial charge < -0.3 is 20.4 Å². The third kappa shape index (κ3) is 5.99. The monoisotopic (exact) mass is 412 g/mol. The highest BCUT2D eigenvalue weighted by atomic mass is 32.2. The summed E-state index contributed by atoms with van der Waals surface area (Å²) in [4.78, 5) is 24.9. The Bertz CT molecular complexity index is 792. The molecule has 1 aromatic carbocycles. The number of carbonyl (C=O) groups is 1. The highest BCUT2D eigenvalue weighted by molar-refractivity contribution is 8.00. The van der Waals surface area contributed by atoms with Gasteiger partial charge in [0, 0.05) is 36.8 Å². The predicted octanol–water partition coefficient (Wildman–Crippen LogP) is 3.48. The highest BCUT2D eigenvalue weighted by Gasteiger charge is 2.29. The maximum absolute atomic E-state index is 12.3. The van der Waals surface area contributed by atoms with E-state index in [9.17, 15) is 18.0 Å². The van der Waals surface area contributed by atoms with Crippen LogP contribution in [0.5, 0.6) is 0 Å². The lowest BCUT2D eigenvalue weighted by molar-refractivity contribution is -0.0328. The summed E-state index contributed by atoms with van der Waals surface area (Å²) >= 11 is -0.207. The zero-order chi connectivity index (χ0) is 20.1. The number of thioether (sulfide) groups is 1. The smallest absolute Gasteiger partial charge is 0.338 e. The maximum atomic E-state index is 12.3. The molecule has 0 bridgehead atoms. The maximum Gasteiger partial charge on any atom is 0.446 e. The Morgan fingerprint density at radius 1 is 1.00 bits per heavy atom. The zero-order valence-corrected chi connectivity index (χ0v) is 15.8. The van der Waals surface area contributed by atoms with E-state index in [-0.39, 0.29) is 16.7 Å². The number of rotatable bonds is 4. The number of alkyl halides is 3. The fourth-order valence-electron chi connectivity index (χ4n) is 2.59. The van der Waals surface area contributed by atoms with E-state index in [1.165, 1.54) is 36.7 Å². The Labute approximate surface area is 164 Å². The fraction of sp³-hybridized carbons (Fsp3) is 0.353. The second-order valence-corrected chi connectivity index (χ2v) is 7.35. The van der Waals surface area contributed by atoms with Gasteiger partial charge in [-0.25, -0.2) is 14.8 Å². The largest absolute Gasteiger partial charge is 0.446 e. The van der Waals surface area contributed by atoms with E-state index < -0.39 is 11.5 Å². The topological polar surface area (TPSA) is 73.4 Å². The van der Waals surface area contributed by atoms with Crippen LogP contribution in [0.2, 0.25) is 0 Å². The first-order valence-corrected chi connectivity index (χ1v) is 9.29. The molecule has 1 aromatic heterocycles. The van der Waals surface area contributed by atoms with E-state index in [2.05, 4.69) is 37.4 Å². The molecule has 0 unspecified atom stereocenters. The van der Waals surface area contributed by atoms with Crippen LogP contribution in [0.25, 0.3) is 0 Å². The molecule has 1 aliphatic rings. The molecule has 0 saturated carbocycles. The number of carbonyl (C=O) groups excluding carboxylic acids is 1. The number of halogens is 3. The number of hydrogen-bond acceptors (Lipinski definition) is 6. The van der Waals surface area contributed by atoms with Gasteiger partial charge in [-0.3, -0.25) is 0 Å². The number of likely N-dealkylation sites (N-methyl/N-ethyl adjacent to an activating group) is 1. The molecule has 0 aliphatic carbocycles. The minimum Gasteiger partial charge on any atom is -0.338 e. The van der Waals surface area contributed by atoms with Crippen LogP contribution in [0, 0.1) is 0 Å². The summed E-state index contributed by atoms with van der Waals surface area (Å²) in [5, 5.41) is 5.14. The SMILES string of the molecule is CN1CCN(c2ncc(NC(=O)Nc3ccc(SC(F)(F)F)cc3)cn2)CC1. The third-order valence-corrected chi connectivity index (χ3v) is 4.77. The molecular formula is C17H19F3N6OS. The second kappa shape index (κ2) is 8.65. The molecule has 0 radical (unpaired) electrons. The van der Waals surface area contributed by atoms with Gasteiger partial charge in [0.05, 0.1) is 18.1 Å². The van der Waals surface area contributed by atoms with Gasteiger partial charge in [0.2, 0.25) is 5.95 Å². The Morgan fingerprint density at radius 2 is 1.57 bits per heavy atom. The normalized spacial score (nSPS) is 15.4. The van der Waals surface area contributed by atoms with Gasteiger partial charge in [0.25, 0.3) is 0 Å². The van der Waals surface area contributed by atoms with Crippen molar-refractivity contribution in [2.45, 2.75) is 10.4 Å². The van der Waals surface area contributed by atoms with Crippen molar-refractivity contribution in [2.75, 3.05) is 48.8 Å². The lowest BCUT2D eigenvalue weighted by Crippen LogP contribution is -2.45. The Morgan fingerprint density at radius 3 is 2.14 bits per heavy atom. The van der Waals surface area contributed by atoms with Crippen LogP contribution in [0.1, 0.15) is 0 Å². The average molecular weight is 412 g/mol. The molecule has 1 fully saturated rings. The molecule has 1 saturated heterocycles. The minimum atomic E-state index is -4.34. The third-order valence-electron chi connectivity index (χ3n) is 4.03. The van der Waals surface area contributed by atoms with Crippen LogP contribution in [0.4, 0.5) is 35.3 Å². The fourth-order valence-corrected chi connectivity index (χ4v) is 3.13. The summed E-state index contributed by atoms with van der Waals surface area (Å²) in [7, 11) is 2.06. The van der Waals surface area contributed by atoms with Crippen LogP contribution in [0.3, 0.4) is 0 Å². The van der Waals surface area contributed by atoms with Gasteiger partial charge in [0.15, 0.2) is 0 Å². The summed E-state index contributed by atoms with van der Waals surface area (Å²) < 4.78 is 37.0. The van der Waals surface area contributed by atoms with Crippen molar-refractivity contribution in [3.05, 3.63) is 36.7 Å². The van der Waals surface area contributed by atoms with Crippen molar-refractivity contribution in [3.63, 3.8) is 0 Å². The quantitative estimate of drug-likeness (QED) is 0.749. The van der Waals surface area contributed by atoms with Crippen LogP contribution < -0.4 is 15.5 Å². The van der Waals surface area contributed by atoms with Crippen molar-refractivity contribution in [1.82, 2.24) is 14.9 Å². The van der Waals surface area contributed by atoms with Gasteiger partial charge in [-0.15, -0.1) is 0 Å². The Kier molecular flexibility index (Phi) is 6.25. The first kappa shape index (κ1) is 20.2. The van der Waals surface area contributed by atoms with E-state index in [1.807, 2.05) is 0 Å². The second-order valence-electron chi connectivity index (χ2n) is 6.21. The van der Waals surface area contributed by atoms with E-state index in [4.69, 9.17) is 0 Å². The standard InChI is InChI=1S/C17H19F3N6OS/c1-25-6-8-26(9-7-25)15-21-10-13(11-22-15)24-16(27)23-12-2-4-14(5-3-12)28-17(18,19)20/h2-5,10-11H,6-9H2,1H3,(H2,23,24,27). The van der Waals surface area contributed by atoms with Crippen molar-refractivity contribution < 1.29 is 18.0 Å². The number of nitrogens with zero attached hydrogens (tertiary/aromatic N) is 4. The van der Waals surface area contributed by atoms with Gasteiger partial charge in [-0.2, -0.15) is 13.2 Å². The van der Waals surface area contributed by atoms with Crippen molar-refractivity contribution in [1.29, 1.82) is 0 Å². The van der Waals surface area contributed by atoms with Crippen molar-refractivity contribution >= 4 is 35.1 Å². The molecule has 2 aromatic rings. The van der Waals surface area contributed by atoms with Gasteiger partial charge in [-0.05, 0) is 43.1 Å². The number of anilines is 3. The number of nitrogens with one attached hydrogen (secondary N) is 2. The molecule has 7 nitrogen and oxygen atoms in total. The molecule has 28 heavy (non-hydrogen) atoms. The van der Waals surface area contributed by atoms with E-state index >= 15 is 0 Å². The van der Waals surface area contributed by atoms with Gasteiger partial charge >= 0.3 is 11.5 Å². The van der Waals surface area contributed by atoms with Crippen LogP contribution >= 0.6 is 11.8 Å². The van der Waals surface area contributed by atoms with Crippen LogP contribution in [0.15, 0.2) is 41.6 Å². The number of hydrogen-bond donors (Lipinski definition) is 2. The number of piperazine rings is 1. The Hall–Kier alpha value is -2.53. The molecule has 150 valence electrons. The first-order chi connectivity index (χ1) is 13.3. The molecule has 0 spiro atoms. The first-order valence-electron chi connectivity index (χ1n) is 8.48. The number of urea groups is 1. The Balaban J connectivity index is 1.52. The van der Waals surface area contributed by atoms with Crippen LogP contribution in [-0.2, 0) is 0 Å². The average Bonchev–Trinajstić information content (AvgIpc) is 2.63. The van der Waals surface area contributed by atoms with E-state index in [0.717, 1.165) is 26.2 Å². The lowest BCUT2D eigenvalue weighted by Gasteiger charge is -2.32. The molecule has 2 N–H and O–H groups in total. The molecule has 1 aliphatic heterocycles. The summed E-state index contributed by atoms with van der Waals surface area (Å²) in [6.45, 7) is 3.55. The van der Waals surface area contributed by atoms with Crippen molar-refractivity contribution in [3.8, 4) is 0 Å². The number of aromatic nitrogens is 2. The summed E-state index contributed by atoms with van der Waals surface area (Å²) in [5.41, 5.74) is -3.55.